The number of nitrogens with zero attached hydrogens (tertiary/aromatic N) is 1. The normalized spacial score (nSPS) is 13.8. The van der Waals surface area contributed by atoms with Crippen molar-refractivity contribution in [1.82, 2.24) is 4.40 Å². The molecule has 11 heavy (non-hydrogen) atoms. The van der Waals surface area contributed by atoms with Crippen molar-refractivity contribution in [3.05, 3.63) is 47.5 Å². The van der Waals surface area contributed by atoms with Gasteiger partial charge in [-0.15, -0.1) is 0 Å². The Morgan fingerprint density at radius 1 is 1.36 bits per heavy atom. The standard InChI is InChI=1S/C10H6N/c1-3-8-7-9-4-2-6-11(9)10(8)5-1/h1-2,4-7H. The average Bonchev–Trinajstić information content (AvgIpc) is 2.52. The van der Waals surface area contributed by atoms with Crippen molar-refractivity contribution in [2.24, 2.45) is 0 Å². The van der Waals surface area contributed by atoms with E-state index < -0.39 is 0 Å². The minimum atomic E-state index is 1.21. The fraction of sp³-hybridized carbons (Fsp3) is 0. The summed E-state index contributed by atoms with van der Waals surface area (Å²) < 4.78 is 2.17. The number of allylic oxidation sites excluding steroid dienone is 1. The smallest absolute Gasteiger partial charge is 0.0535 e. The van der Waals surface area contributed by atoms with Gasteiger partial charge in [0.2, 0.25) is 0 Å². The second-order valence-corrected chi connectivity index (χ2v) is 2.72. The molecule has 1 aliphatic carbocycles. The van der Waals surface area contributed by atoms with E-state index in [9.17, 15) is 0 Å². The maximum absolute atomic E-state index is 3.17. The highest BCUT2D eigenvalue weighted by Gasteiger charge is 2.03. The van der Waals surface area contributed by atoms with E-state index in [4.69, 9.17) is 0 Å². The van der Waals surface area contributed by atoms with E-state index in [2.05, 4.69) is 40.9 Å². The third-order valence-electron chi connectivity index (χ3n) is 2.09. The third kappa shape index (κ3) is 0.511. The molecule has 0 aromatic carbocycles. The molecule has 0 unspecified atom stereocenters. The molecule has 3 rings (SSSR count). The molecule has 2 heterocycles. The predicted molar refractivity (Wildman–Crippen MR) is 44.0 cm³/mol. The third-order valence-corrected chi connectivity index (χ3v) is 2.09. The molecule has 0 atom stereocenters. The molecule has 0 amide bonds. The quantitative estimate of drug-likeness (QED) is 0.517. The molecule has 0 N–H and O–H groups in total. The molecule has 1 nitrogen and oxygen atoms in total. The molecule has 2 aromatic rings. The lowest BCUT2D eigenvalue weighted by molar-refractivity contribution is 1.17. The van der Waals surface area contributed by atoms with Crippen LogP contribution in [0, 0.1) is 6.08 Å². The molecule has 51 valence electrons. The molecule has 0 bridgehead atoms. The van der Waals surface area contributed by atoms with Crippen molar-refractivity contribution < 1.29 is 0 Å². The lowest BCUT2D eigenvalue weighted by Crippen LogP contribution is -2.06. The lowest BCUT2D eigenvalue weighted by atomic mass is 10.3. The van der Waals surface area contributed by atoms with E-state index in [-0.39, 0.29) is 0 Å². The number of rotatable bonds is 0. The number of hydrogen-bond acceptors (Lipinski definition) is 0. The SMILES string of the molecule is [C]1=CC=c2c1cc1cccn21. The first-order chi connectivity index (χ1) is 5.45. The lowest BCUT2D eigenvalue weighted by Gasteiger charge is -1.81. The van der Waals surface area contributed by atoms with E-state index in [1.54, 1.807) is 0 Å². The van der Waals surface area contributed by atoms with Gasteiger partial charge in [-0.3, -0.25) is 0 Å². The molecule has 1 heteroatoms. The van der Waals surface area contributed by atoms with Crippen molar-refractivity contribution in [3.63, 3.8) is 0 Å². The summed E-state index contributed by atoms with van der Waals surface area (Å²) in [5, 5.41) is 1.25. The molecule has 0 spiro atoms. The largest absolute Gasteiger partial charge is 0.317 e. The monoisotopic (exact) mass is 140 g/mol. The molecule has 2 aromatic heterocycles. The van der Waals surface area contributed by atoms with Crippen LogP contribution in [0.25, 0.3) is 11.6 Å². The first-order valence-corrected chi connectivity index (χ1v) is 3.65. The molecular weight excluding hydrogens is 134 g/mol. The summed E-state index contributed by atoms with van der Waals surface area (Å²) in [7, 11) is 0. The second-order valence-electron chi connectivity index (χ2n) is 2.72. The Hall–Kier alpha value is -1.50. The zero-order valence-corrected chi connectivity index (χ0v) is 5.91. The molecular formula is C10H6N. The Morgan fingerprint density at radius 2 is 2.36 bits per heavy atom. The maximum Gasteiger partial charge on any atom is 0.0535 e. The zero-order chi connectivity index (χ0) is 7.26. The summed E-state index contributed by atoms with van der Waals surface area (Å²) in [6.45, 7) is 0. The van der Waals surface area contributed by atoms with Crippen molar-refractivity contribution >= 4 is 11.6 Å². The second kappa shape index (κ2) is 1.56. The predicted octanol–water partition coefficient (Wildman–Crippen LogP) is 1.16. The van der Waals surface area contributed by atoms with Crippen LogP contribution in [0.1, 0.15) is 5.56 Å². The van der Waals surface area contributed by atoms with Crippen molar-refractivity contribution in [2.75, 3.05) is 0 Å². The van der Waals surface area contributed by atoms with Crippen molar-refractivity contribution in [3.8, 4) is 0 Å². The van der Waals surface area contributed by atoms with Crippen LogP contribution in [0.4, 0.5) is 0 Å². The summed E-state index contributed by atoms with van der Waals surface area (Å²) in [4.78, 5) is 0. The average molecular weight is 140 g/mol. The summed E-state index contributed by atoms with van der Waals surface area (Å²) in [6, 6.07) is 6.31. The van der Waals surface area contributed by atoms with E-state index >= 15 is 0 Å². The molecule has 0 aliphatic heterocycles. The van der Waals surface area contributed by atoms with Gasteiger partial charge in [-0.25, -0.2) is 0 Å². The van der Waals surface area contributed by atoms with Gasteiger partial charge in [0.25, 0.3) is 0 Å². The van der Waals surface area contributed by atoms with Crippen LogP contribution in [-0.2, 0) is 0 Å². The van der Waals surface area contributed by atoms with Crippen LogP contribution in [-0.4, -0.2) is 4.40 Å². The molecule has 0 saturated heterocycles. The van der Waals surface area contributed by atoms with Crippen molar-refractivity contribution in [2.45, 2.75) is 0 Å². The summed E-state index contributed by atoms with van der Waals surface area (Å²) in [6.07, 6.45) is 9.30. The highest BCUT2D eigenvalue weighted by Crippen LogP contribution is 2.08. The van der Waals surface area contributed by atoms with Crippen LogP contribution < -0.4 is 5.35 Å². The van der Waals surface area contributed by atoms with Crippen molar-refractivity contribution in [1.29, 1.82) is 0 Å². The van der Waals surface area contributed by atoms with Crippen LogP contribution in [0.3, 0.4) is 0 Å². The van der Waals surface area contributed by atoms with Crippen LogP contribution in [0.2, 0.25) is 0 Å². The van der Waals surface area contributed by atoms with E-state index in [1.807, 2.05) is 6.08 Å². The van der Waals surface area contributed by atoms with Gasteiger partial charge >= 0.3 is 0 Å². The van der Waals surface area contributed by atoms with Crippen LogP contribution in [0.5, 0.6) is 0 Å². The van der Waals surface area contributed by atoms with E-state index in [0.29, 0.717) is 0 Å². The highest BCUT2D eigenvalue weighted by atomic mass is 14.9. The van der Waals surface area contributed by atoms with E-state index in [1.165, 1.54) is 16.4 Å². The van der Waals surface area contributed by atoms with Gasteiger partial charge in [-0.2, -0.15) is 0 Å². The Labute approximate surface area is 64.2 Å². The minimum absolute atomic E-state index is 1.21. The van der Waals surface area contributed by atoms with Gasteiger partial charge in [0.1, 0.15) is 0 Å². The first kappa shape index (κ1) is 5.19. The topological polar surface area (TPSA) is 4.41 Å². The van der Waals surface area contributed by atoms with Gasteiger partial charge in [0.15, 0.2) is 0 Å². The van der Waals surface area contributed by atoms with Gasteiger partial charge in [0, 0.05) is 17.3 Å². The summed E-state index contributed by atoms with van der Waals surface area (Å²) in [5.41, 5.74) is 2.47. The number of fused-ring (bicyclic) bond motifs is 3. The van der Waals surface area contributed by atoms with Crippen LogP contribution >= 0.6 is 0 Å². The van der Waals surface area contributed by atoms with Gasteiger partial charge in [0.05, 0.1) is 5.35 Å². The number of aromatic nitrogens is 1. The Morgan fingerprint density at radius 3 is 3.36 bits per heavy atom. The number of hydrogen-bond donors (Lipinski definition) is 0. The van der Waals surface area contributed by atoms with Gasteiger partial charge in [-0.1, -0.05) is 6.08 Å². The summed E-state index contributed by atoms with van der Waals surface area (Å²) in [5.74, 6) is 0. The van der Waals surface area contributed by atoms with Gasteiger partial charge < -0.3 is 4.40 Å². The van der Waals surface area contributed by atoms with E-state index in [0.717, 1.165) is 0 Å². The fourth-order valence-corrected chi connectivity index (χ4v) is 1.58. The molecule has 1 aliphatic rings. The Bertz CT molecular complexity index is 488. The minimum Gasteiger partial charge on any atom is -0.317 e. The summed E-state index contributed by atoms with van der Waals surface area (Å²) >= 11 is 0. The van der Waals surface area contributed by atoms with Gasteiger partial charge in [-0.05, 0) is 30.4 Å². The highest BCUT2D eigenvalue weighted by molar-refractivity contribution is 5.59. The zero-order valence-electron chi connectivity index (χ0n) is 5.91. The first-order valence-electron chi connectivity index (χ1n) is 3.65. The molecule has 0 saturated carbocycles. The Balaban J connectivity index is 2.68. The Kier molecular flexibility index (Phi) is 0.737. The van der Waals surface area contributed by atoms with Crippen LogP contribution in [0.15, 0.2) is 30.5 Å². The maximum atomic E-state index is 3.17. The molecule has 1 radical (unpaired) electrons. The molecule has 0 fully saturated rings. The fourth-order valence-electron chi connectivity index (χ4n) is 1.58.